The van der Waals surface area contributed by atoms with Gasteiger partial charge in [-0.2, -0.15) is 4.31 Å². The largest absolute Gasteiger partial charge is 0.354 e. The SMILES string of the molecule is CC(C)NC(=O)C1CCN(S(=O)(=O)c2cccc3nonc23)CC1. The zero-order chi connectivity index (χ0) is 17.3. The lowest BCUT2D eigenvalue weighted by molar-refractivity contribution is -0.126. The third-order valence-corrected chi connectivity index (χ3v) is 6.05. The van der Waals surface area contributed by atoms with Crippen LogP contribution in [0.25, 0.3) is 11.0 Å². The molecule has 9 heteroatoms. The number of hydrogen-bond acceptors (Lipinski definition) is 6. The number of piperidine rings is 1. The van der Waals surface area contributed by atoms with Crippen molar-refractivity contribution >= 4 is 27.0 Å². The van der Waals surface area contributed by atoms with E-state index in [2.05, 4.69) is 20.3 Å². The highest BCUT2D eigenvalue weighted by atomic mass is 32.2. The van der Waals surface area contributed by atoms with Crippen LogP contribution in [0.5, 0.6) is 0 Å². The third-order valence-electron chi connectivity index (χ3n) is 4.12. The molecular formula is C15H20N4O4S. The van der Waals surface area contributed by atoms with Gasteiger partial charge in [0.1, 0.15) is 10.4 Å². The Hall–Kier alpha value is -2.00. The second kappa shape index (κ2) is 6.48. The molecule has 0 radical (unpaired) electrons. The molecule has 1 N–H and O–H groups in total. The maximum absolute atomic E-state index is 12.9. The highest BCUT2D eigenvalue weighted by molar-refractivity contribution is 7.89. The van der Waals surface area contributed by atoms with E-state index in [0.29, 0.717) is 31.4 Å². The molecule has 1 aromatic heterocycles. The molecule has 2 heterocycles. The molecule has 1 fully saturated rings. The number of fused-ring (bicyclic) bond motifs is 1. The summed E-state index contributed by atoms with van der Waals surface area (Å²) < 4.78 is 31.8. The molecule has 2 aromatic rings. The minimum atomic E-state index is -3.69. The first-order valence-corrected chi connectivity index (χ1v) is 9.35. The van der Waals surface area contributed by atoms with Crippen molar-refractivity contribution in [3.63, 3.8) is 0 Å². The first-order valence-electron chi connectivity index (χ1n) is 7.91. The Morgan fingerprint density at radius 3 is 2.67 bits per heavy atom. The summed E-state index contributed by atoms with van der Waals surface area (Å²) in [6.45, 7) is 4.43. The molecule has 0 atom stereocenters. The second-order valence-corrected chi connectivity index (χ2v) is 8.14. The number of nitrogens with zero attached hydrogens (tertiary/aromatic N) is 3. The lowest BCUT2D eigenvalue weighted by Crippen LogP contribution is -2.44. The van der Waals surface area contributed by atoms with Crippen molar-refractivity contribution in [1.29, 1.82) is 0 Å². The van der Waals surface area contributed by atoms with Crippen molar-refractivity contribution in [3.05, 3.63) is 18.2 Å². The van der Waals surface area contributed by atoms with Gasteiger partial charge in [0.25, 0.3) is 0 Å². The molecule has 0 spiro atoms. The maximum atomic E-state index is 12.9. The number of rotatable bonds is 4. The summed E-state index contributed by atoms with van der Waals surface area (Å²) in [7, 11) is -3.69. The summed E-state index contributed by atoms with van der Waals surface area (Å²) >= 11 is 0. The van der Waals surface area contributed by atoms with Crippen LogP contribution in [0.2, 0.25) is 0 Å². The van der Waals surface area contributed by atoms with Crippen LogP contribution in [-0.4, -0.2) is 48.1 Å². The highest BCUT2D eigenvalue weighted by Crippen LogP contribution is 2.27. The Morgan fingerprint density at radius 1 is 1.29 bits per heavy atom. The topological polar surface area (TPSA) is 105 Å². The van der Waals surface area contributed by atoms with Crippen LogP contribution in [-0.2, 0) is 14.8 Å². The van der Waals surface area contributed by atoms with E-state index in [0.717, 1.165) is 0 Å². The van der Waals surface area contributed by atoms with Crippen molar-refractivity contribution in [3.8, 4) is 0 Å². The lowest BCUT2D eigenvalue weighted by atomic mass is 9.97. The summed E-state index contributed by atoms with van der Waals surface area (Å²) in [4.78, 5) is 12.2. The van der Waals surface area contributed by atoms with E-state index in [1.807, 2.05) is 13.8 Å². The fraction of sp³-hybridized carbons (Fsp3) is 0.533. The second-order valence-electron chi connectivity index (χ2n) is 6.23. The number of hydrogen-bond donors (Lipinski definition) is 1. The highest BCUT2D eigenvalue weighted by Gasteiger charge is 2.33. The average molecular weight is 352 g/mol. The third kappa shape index (κ3) is 3.13. The van der Waals surface area contributed by atoms with E-state index in [4.69, 9.17) is 0 Å². The number of amides is 1. The van der Waals surface area contributed by atoms with Gasteiger partial charge in [0.2, 0.25) is 15.9 Å². The van der Waals surface area contributed by atoms with Gasteiger partial charge in [-0.3, -0.25) is 4.79 Å². The van der Waals surface area contributed by atoms with Gasteiger partial charge in [0.15, 0.2) is 5.52 Å². The Bertz CT molecular complexity index is 838. The molecule has 3 rings (SSSR count). The summed E-state index contributed by atoms with van der Waals surface area (Å²) in [5.74, 6) is -0.159. The van der Waals surface area contributed by atoms with E-state index in [1.54, 1.807) is 12.1 Å². The summed E-state index contributed by atoms with van der Waals surface area (Å²) in [5.41, 5.74) is 0.638. The molecule has 1 saturated heterocycles. The zero-order valence-electron chi connectivity index (χ0n) is 13.6. The van der Waals surface area contributed by atoms with Gasteiger partial charge < -0.3 is 5.32 Å². The summed E-state index contributed by atoms with van der Waals surface area (Å²) in [5, 5.41) is 10.3. The molecule has 130 valence electrons. The Kier molecular flexibility index (Phi) is 4.55. The minimum Gasteiger partial charge on any atom is -0.354 e. The van der Waals surface area contributed by atoms with E-state index >= 15 is 0 Å². The van der Waals surface area contributed by atoms with Gasteiger partial charge in [-0.05, 0) is 49.1 Å². The normalized spacial score (nSPS) is 17.5. The Balaban J connectivity index is 1.76. The number of benzene rings is 1. The van der Waals surface area contributed by atoms with E-state index in [-0.39, 0.29) is 28.3 Å². The zero-order valence-corrected chi connectivity index (χ0v) is 14.4. The van der Waals surface area contributed by atoms with Gasteiger partial charge in [-0.1, -0.05) is 6.07 Å². The van der Waals surface area contributed by atoms with Crippen molar-refractivity contribution in [2.24, 2.45) is 5.92 Å². The van der Waals surface area contributed by atoms with E-state index in [9.17, 15) is 13.2 Å². The minimum absolute atomic E-state index is 0.00940. The van der Waals surface area contributed by atoms with Crippen molar-refractivity contribution in [2.75, 3.05) is 13.1 Å². The number of nitrogens with one attached hydrogen (secondary N) is 1. The first kappa shape index (κ1) is 16.8. The van der Waals surface area contributed by atoms with E-state index in [1.165, 1.54) is 10.4 Å². The number of carbonyl (C=O) groups is 1. The quantitative estimate of drug-likeness (QED) is 0.885. The van der Waals surface area contributed by atoms with Crippen LogP contribution in [0.4, 0.5) is 0 Å². The van der Waals surface area contributed by atoms with Gasteiger partial charge in [0.05, 0.1) is 0 Å². The molecule has 1 aromatic carbocycles. The summed E-state index contributed by atoms with van der Waals surface area (Å²) in [6.07, 6.45) is 1.01. The first-order chi connectivity index (χ1) is 11.4. The van der Waals surface area contributed by atoms with E-state index < -0.39 is 10.0 Å². The van der Waals surface area contributed by atoms with Crippen molar-refractivity contribution < 1.29 is 17.8 Å². The number of aromatic nitrogens is 2. The van der Waals surface area contributed by atoms with Gasteiger partial charge in [0, 0.05) is 25.0 Å². The van der Waals surface area contributed by atoms with Crippen LogP contribution in [0.1, 0.15) is 26.7 Å². The smallest absolute Gasteiger partial charge is 0.245 e. The molecule has 24 heavy (non-hydrogen) atoms. The predicted octanol–water partition coefficient (Wildman–Crippen LogP) is 1.15. The molecule has 1 amide bonds. The van der Waals surface area contributed by atoms with Crippen LogP contribution in [0, 0.1) is 5.92 Å². The molecule has 8 nitrogen and oxygen atoms in total. The van der Waals surface area contributed by atoms with Crippen LogP contribution < -0.4 is 5.32 Å². The van der Waals surface area contributed by atoms with Crippen molar-refractivity contribution in [2.45, 2.75) is 37.6 Å². The van der Waals surface area contributed by atoms with Crippen LogP contribution >= 0.6 is 0 Å². The average Bonchev–Trinajstić information content (AvgIpc) is 3.02. The Labute approximate surface area is 140 Å². The molecule has 0 aliphatic carbocycles. The lowest BCUT2D eigenvalue weighted by Gasteiger charge is -2.30. The van der Waals surface area contributed by atoms with Crippen LogP contribution in [0.15, 0.2) is 27.7 Å². The maximum Gasteiger partial charge on any atom is 0.245 e. The fourth-order valence-electron chi connectivity index (χ4n) is 2.89. The number of sulfonamides is 1. The fourth-order valence-corrected chi connectivity index (χ4v) is 4.50. The molecule has 0 saturated carbocycles. The molecular weight excluding hydrogens is 332 g/mol. The molecule has 1 aliphatic heterocycles. The van der Waals surface area contributed by atoms with Gasteiger partial charge in [-0.15, -0.1) is 0 Å². The standard InChI is InChI=1S/C15H20N4O4S/c1-10(2)16-15(20)11-6-8-19(9-7-11)24(21,22)13-5-3-4-12-14(13)18-23-17-12/h3-5,10-11H,6-9H2,1-2H3,(H,16,20). The van der Waals surface area contributed by atoms with Crippen molar-refractivity contribution in [1.82, 2.24) is 19.9 Å². The van der Waals surface area contributed by atoms with Crippen LogP contribution in [0.3, 0.4) is 0 Å². The predicted molar refractivity (Wildman–Crippen MR) is 86.6 cm³/mol. The molecule has 0 unspecified atom stereocenters. The monoisotopic (exact) mass is 352 g/mol. The Morgan fingerprint density at radius 2 is 2.00 bits per heavy atom. The summed E-state index contributed by atoms with van der Waals surface area (Å²) in [6, 6.07) is 4.84. The number of carbonyl (C=O) groups excluding carboxylic acids is 1. The molecule has 0 bridgehead atoms. The van der Waals surface area contributed by atoms with Gasteiger partial charge in [-0.25, -0.2) is 13.0 Å². The van der Waals surface area contributed by atoms with Gasteiger partial charge >= 0.3 is 0 Å². The molecule has 1 aliphatic rings.